The quantitative estimate of drug-likeness (QED) is 0.670. The lowest BCUT2D eigenvalue weighted by Gasteiger charge is -2.20. The van der Waals surface area contributed by atoms with Crippen LogP contribution in [0.25, 0.3) is 0 Å². The van der Waals surface area contributed by atoms with Gasteiger partial charge >= 0.3 is 0 Å². The fraction of sp³-hybridized carbons (Fsp3) is 0.400. The molecule has 21 heavy (non-hydrogen) atoms. The molecule has 0 saturated carbocycles. The van der Waals surface area contributed by atoms with Crippen molar-refractivity contribution in [2.75, 3.05) is 5.32 Å². The maximum absolute atomic E-state index is 5.91. The number of guanidine groups is 1. The van der Waals surface area contributed by atoms with Gasteiger partial charge in [-0.1, -0.05) is 12.1 Å². The van der Waals surface area contributed by atoms with E-state index in [9.17, 15) is 0 Å². The van der Waals surface area contributed by atoms with Gasteiger partial charge < -0.3 is 11.1 Å². The van der Waals surface area contributed by atoms with Crippen LogP contribution in [0.15, 0.2) is 35.6 Å². The van der Waals surface area contributed by atoms with E-state index in [0.717, 1.165) is 11.5 Å². The molecule has 6 heteroatoms. The van der Waals surface area contributed by atoms with E-state index in [1.54, 1.807) is 6.33 Å². The average molecular weight is 286 g/mol. The second-order valence-electron chi connectivity index (χ2n) is 5.95. The Balaban J connectivity index is 2.06. The number of hydrogen-bond acceptors (Lipinski definition) is 3. The largest absolute Gasteiger partial charge is 0.370 e. The number of anilines is 1. The summed E-state index contributed by atoms with van der Waals surface area (Å²) in [5, 5.41) is 7.31. The minimum atomic E-state index is -0.125. The second kappa shape index (κ2) is 5.95. The average Bonchev–Trinajstić information content (AvgIpc) is 2.84. The van der Waals surface area contributed by atoms with Gasteiger partial charge in [0.05, 0.1) is 5.54 Å². The van der Waals surface area contributed by atoms with Crippen molar-refractivity contribution >= 4 is 11.6 Å². The topological polar surface area (TPSA) is 81.1 Å². The summed E-state index contributed by atoms with van der Waals surface area (Å²) in [6, 6.07) is 7.97. The minimum absolute atomic E-state index is 0.125. The lowest BCUT2D eigenvalue weighted by atomic mass is 10.1. The van der Waals surface area contributed by atoms with E-state index in [1.807, 2.05) is 35.9 Å². The number of aryl methyl sites for hydroxylation is 1. The van der Waals surface area contributed by atoms with Crippen LogP contribution in [-0.2, 0) is 12.1 Å². The van der Waals surface area contributed by atoms with Crippen molar-refractivity contribution in [3.05, 3.63) is 42.0 Å². The Bertz CT molecular complexity index is 636. The zero-order valence-corrected chi connectivity index (χ0v) is 13.0. The number of aliphatic imine (C=N–C) groups is 1. The molecule has 0 spiro atoms. The van der Waals surface area contributed by atoms with Crippen LogP contribution in [0.3, 0.4) is 0 Å². The lowest BCUT2D eigenvalue weighted by Crippen LogP contribution is -2.26. The Morgan fingerprint density at radius 1 is 1.38 bits per heavy atom. The lowest BCUT2D eigenvalue weighted by molar-refractivity contribution is 0.342. The maximum Gasteiger partial charge on any atom is 0.193 e. The predicted octanol–water partition coefficient (Wildman–Crippen LogP) is 2.27. The molecule has 0 bridgehead atoms. The highest BCUT2D eigenvalue weighted by Crippen LogP contribution is 2.14. The third-order valence-corrected chi connectivity index (χ3v) is 2.94. The highest BCUT2D eigenvalue weighted by Gasteiger charge is 2.17. The molecule has 0 fully saturated rings. The van der Waals surface area contributed by atoms with Crippen molar-refractivity contribution in [2.45, 2.75) is 39.8 Å². The molecule has 6 nitrogen and oxygen atoms in total. The van der Waals surface area contributed by atoms with Crippen molar-refractivity contribution in [1.29, 1.82) is 0 Å². The van der Waals surface area contributed by atoms with Gasteiger partial charge in [-0.05, 0) is 45.4 Å². The molecule has 112 valence electrons. The van der Waals surface area contributed by atoms with Crippen LogP contribution in [0, 0.1) is 6.92 Å². The van der Waals surface area contributed by atoms with Crippen LogP contribution in [0.4, 0.5) is 5.69 Å². The first-order valence-corrected chi connectivity index (χ1v) is 6.89. The summed E-state index contributed by atoms with van der Waals surface area (Å²) in [5.74, 6) is 1.15. The van der Waals surface area contributed by atoms with E-state index < -0.39 is 0 Å². The summed E-state index contributed by atoms with van der Waals surface area (Å²) in [5.41, 5.74) is 7.88. The van der Waals surface area contributed by atoms with Gasteiger partial charge in [0.1, 0.15) is 18.7 Å². The van der Waals surface area contributed by atoms with Crippen LogP contribution in [-0.4, -0.2) is 20.7 Å². The van der Waals surface area contributed by atoms with Crippen LogP contribution in [0.1, 0.15) is 32.2 Å². The van der Waals surface area contributed by atoms with E-state index in [1.165, 1.54) is 5.56 Å². The standard InChI is InChI=1S/C15H22N6/c1-11-6-5-7-12(8-11)20-14(16)17-9-13-18-10-19-21(13)15(2,3)4/h5-8,10H,9H2,1-4H3,(H3,16,17,20). The highest BCUT2D eigenvalue weighted by atomic mass is 15.4. The molecule has 0 amide bonds. The van der Waals surface area contributed by atoms with Crippen molar-refractivity contribution in [3.63, 3.8) is 0 Å². The van der Waals surface area contributed by atoms with Gasteiger partial charge in [0, 0.05) is 5.69 Å². The summed E-state index contributed by atoms with van der Waals surface area (Å²) in [6.07, 6.45) is 1.54. The smallest absolute Gasteiger partial charge is 0.193 e. The summed E-state index contributed by atoms with van der Waals surface area (Å²) in [4.78, 5) is 8.56. The molecule has 0 atom stereocenters. The number of nitrogens with zero attached hydrogens (tertiary/aromatic N) is 4. The number of nitrogens with two attached hydrogens (primary N) is 1. The molecule has 1 aromatic carbocycles. The predicted molar refractivity (Wildman–Crippen MR) is 85.1 cm³/mol. The Kier molecular flexibility index (Phi) is 4.26. The molecular weight excluding hydrogens is 264 g/mol. The molecule has 1 heterocycles. The first-order valence-electron chi connectivity index (χ1n) is 6.89. The summed E-state index contributed by atoms with van der Waals surface area (Å²) >= 11 is 0. The third kappa shape index (κ3) is 4.05. The van der Waals surface area contributed by atoms with Crippen LogP contribution in [0.2, 0.25) is 0 Å². The zero-order valence-electron chi connectivity index (χ0n) is 13.0. The van der Waals surface area contributed by atoms with Gasteiger partial charge in [0.15, 0.2) is 5.96 Å². The molecule has 2 aromatic rings. The molecular formula is C15H22N6. The van der Waals surface area contributed by atoms with Gasteiger partial charge in [-0.3, -0.25) is 0 Å². The van der Waals surface area contributed by atoms with Gasteiger partial charge in [0.2, 0.25) is 0 Å². The fourth-order valence-corrected chi connectivity index (χ4v) is 2.00. The van der Waals surface area contributed by atoms with Gasteiger partial charge in [-0.15, -0.1) is 0 Å². The van der Waals surface area contributed by atoms with Crippen molar-refractivity contribution in [2.24, 2.45) is 10.7 Å². The fourth-order valence-electron chi connectivity index (χ4n) is 2.00. The maximum atomic E-state index is 5.91. The minimum Gasteiger partial charge on any atom is -0.370 e. The van der Waals surface area contributed by atoms with Crippen LogP contribution in [0.5, 0.6) is 0 Å². The van der Waals surface area contributed by atoms with Gasteiger partial charge in [0.25, 0.3) is 0 Å². The normalized spacial score (nSPS) is 12.5. The summed E-state index contributed by atoms with van der Waals surface area (Å²) in [7, 11) is 0. The van der Waals surface area contributed by atoms with E-state index >= 15 is 0 Å². The Labute approximate surface area is 125 Å². The van der Waals surface area contributed by atoms with E-state index in [-0.39, 0.29) is 5.54 Å². The molecule has 3 N–H and O–H groups in total. The summed E-state index contributed by atoms with van der Waals surface area (Å²) in [6.45, 7) is 8.64. The van der Waals surface area contributed by atoms with Crippen molar-refractivity contribution in [3.8, 4) is 0 Å². The first kappa shape index (κ1) is 15.0. The zero-order chi connectivity index (χ0) is 15.5. The Morgan fingerprint density at radius 2 is 2.14 bits per heavy atom. The molecule has 0 unspecified atom stereocenters. The second-order valence-corrected chi connectivity index (χ2v) is 5.95. The number of aromatic nitrogens is 3. The number of hydrogen-bond donors (Lipinski definition) is 2. The number of benzene rings is 1. The van der Waals surface area contributed by atoms with Crippen LogP contribution >= 0.6 is 0 Å². The Hall–Kier alpha value is -2.37. The SMILES string of the molecule is Cc1cccc(NC(N)=NCc2ncnn2C(C)(C)C)c1. The summed E-state index contributed by atoms with van der Waals surface area (Å²) < 4.78 is 1.86. The van der Waals surface area contributed by atoms with Gasteiger partial charge in [-0.2, -0.15) is 5.10 Å². The van der Waals surface area contributed by atoms with E-state index in [2.05, 4.69) is 41.2 Å². The molecule has 0 aliphatic carbocycles. The van der Waals surface area contributed by atoms with Crippen molar-refractivity contribution < 1.29 is 0 Å². The van der Waals surface area contributed by atoms with E-state index in [4.69, 9.17) is 5.73 Å². The molecule has 0 radical (unpaired) electrons. The van der Waals surface area contributed by atoms with Crippen molar-refractivity contribution in [1.82, 2.24) is 14.8 Å². The first-order chi connectivity index (χ1) is 9.86. The molecule has 0 saturated heterocycles. The Morgan fingerprint density at radius 3 is 2.81 bits per heavy atom. The third-order valence-electron chi connectivity index (χ3n) is 2.94. The monoisotopic (exact) mass is 286 g/mol. The number of nitrogens with one attached hydrogen (secondary N) is 1. The molecule has 0 aliphatic rings. The molecule has 2 rings (SSSR count). The molecule has 0 aliphatic heterocycles. The molecule has 1 aromatic heterocycles. The van der Waals surface area contributed by atoms with Crippen LogP contribution < -0.4 is 11.1 Å². The van der Waals surface area contributed by atoms with E-state index in [0.29, 0.717) is 12.5 Å². The van der Waals surface area contributed by atoms with Gasteiger partial charge in [-0.25, -0.2) is 14.7 Å². The number of rotatable bonds is 3. The highest BCUT2D eigenvalue weighted by molar-refractivity contribution is 5.92.